The molecule has 2 aliphatic rings. The molecule has 4 rings (SSSR count). The molecule has 3 nitrogen and oxygen atoms in total. The van der Waals surface area contributed by atoms with Gasteiger partial charge in [-0.25, -0.2) is 0 Å². The number of carbonyl (C=O) groups is 1. The van der Waals surface area contributed by atoms with E-state index in [1.54, 1.807) is 0 Å². The molecule has 4 heteroatoms. The van der Waals surface area contributed by atoms with Gasteiger partial charge in [-0.15, -0.1) is 12.4 Å². The molecule has 1 N–H and O–H groups in total. The van der Waals surface area contributed by atoms with Crippen molar-refractivity contribution in [2.75, 3.05) is 26.2 Å². The number of benzene rings is 2. The van der Waals surface area contributed by atoms with Gasteiger partial charge in [-0.3, -0.25) is 4.79 Å². The SMILES string of the molecule is Cl.O=C(c1ccccc1CCc1ccccc1)N1CC[C@@H]2CNC[C@@H]2CC1. The number of carbonyl (C=O) groups excluding carboxylic acids is 1. The van der Waals surface area contributed by atoms with Gasteiger partial charge in [0.05, 0.1) is 0 Å². The van der Waals surface area contributed by atoms with Crippen molar-refractivity contribution in [3.8, 4) is 0 Å². The maximum atomic E-state index is 13.2. The molecule has 0 spiro atoms. The third-order valence-corrected chi connectivity index (χ3v) is 6.08. The largest absolute Gasteiger partial charge is 0.339 e. The number of hydrogen-bond donors (Lipinski definition) is 1. The van der Waals surface area contributed by atoms with Crippen molar-refractivity contribution >= 4 is 18.3 Å². The summed E-state index contributed by atoms with van der Waals surface area (Å²) in [6.07, 6.45) is 4.15. The molecule has 144 valence electrons. The molecule has 0 aromatic heterocycles. The fourth-order valence-corrected chi connectivity index (χ4v) is 4.46. The molecular weight excluding hydrogens is 356 g/mol. The Labute approximate surface area is 168 Å². The highest BCUT2D eigenvalue weighted by molar-refractivity contribution is 5.95. The molecule has 2 aromatic rings. The van der Waals surface area contributed by atoms with Gasteiger partial charge in [0.2, 0.25) is 0 Å². The number of amides is 1. The lowest BCUT2D eigenvalue weighted by atomic mass is 9.92. The first kappa shape index (κ1) is 19.9. The number of nitrogens with one attached hydrogen (secondary N) is 1. The Morgan fingerprint density at radius 2 is 1.52 bits per heavy atom. The van der Waals surface area contributed by atoms with Crippen molar-refractivity contribution in [1.29, 1.82) is 0 Å². The molecule has 27 heavy (non-hydrogen) atoms. The second-order valence-electron chi connectivity index (χ2n) is 7.69. The molecule has 1 amide bonds. The van der Waals surface area contributed by atoms with E-state index in [2.05, 4.69) is 46.6 Å². The van der Waals surface area contributed by atoms with Crippen molar-refractivity contribution < 1.29 is 4.79 Å². The topological polar surface area (TPSA) is 32.3 Å². The molecule has 0 saturated carbocycles. The van der Waals surface area contributed by atoms with Gasteiger partial charge < -0.3 is 10.2 Å². The van der Waals surface area contributed by atoms with Gasteiger partial charge in [0.15, 0.2) is 0 Å². The maximum Gasteiger partial charge on any atom is 0.254 e. The van der Waals surface area contributed by atoms with Crippen molar-refractivity contribution in [1.82, 2.24) is 10.2 Å². The summed E-state index contributed by atoms with van der Waals surface area (Å²) in [7, 11) is 0. The van der Waals surface area contributed by atoms with E-state index in [-0.39, 0.29) is 18.3 Å². The molecule has 2 saturated heterocycles. The first-order valence-electron chi connectivity index (χ1n) is 9.93. The number of nitrogens with zero attached hydrogens (tertiary/aromatic N) is 1. The molecule has 0 radical (unpaired) electrons. The summed E-state index contributed by atoms with van der Waals surface area (Å²) in [5.41, 5.74) is 3.39. The van der Waals surface area contributed by atoms with Crippen LogP contribution in [0, 0.1) is 11.8 Å². The number of rotatable bonds is 4. The average molecular weight is 385 g/mol. The minimum absolute atomic E-state index is 0. The molecule has 0 bridgehead atoms. The van der Waals surface area contributed by atoms with Crippen molar-refractivity contribution in [2.24, 2.45) is 11.8 Å². The van der Waals surface area contributed by atoms with Crippen LogP contribution in [-0.4, -0.2) is 37.0 Å². The summed E-state index contributed by atoms with van der Waals surface area (Å²) >= 11 is 0. The lowest BCUT2D eigenvalue weighted by Gasteiger charge is -2.22. The van der Waals surface area contributed by atoms with Gasteiger partial charge in [-0.1, -0.05) is 48.5 Å². The maximum absolute atomic E-state index is 13.2. The van der Waals surface area contributed by atoms with Crippen LogP contribution >= 0.6 is 12.4 Å². The van der Waals surface area contributed by atoms with Crippen LogP contribution in [0.5, 0.6) is 0 Å². The van der Waals surface area contributed by atoms with Gasteiger partial charge in [0.25, 0.3) is 5.91 Å². The van der Waals surface area contributed by atoms with Gasteiger partial charge in [0, 0.05) is 18.7 Å². The first-order chi connectivity index (χ1) is 12.8. The van der Waals surface area contributed by atoms with Gasteiger partial charge >= 0.3 is 0 Å². The highest BCUT2D eigenvalue weighted by atomic mass is 35.5. The molecule has 2 aromatic carbocycles. The van der Waals surface area contributed by atoms with Gasteiger partial charge in [-0.2, -0.15) is 0 Å². The van der Waals surface area contributed by atoms with Crippen molar-refractivity contribution in [3.63, 3.8) is 0 Å². The third-order valence-electron chi connectivity index (χ3n) is 6.08. The molecule has 2 fully saturated rings. The summed E-state index contributed by atoms with van der Waals surface area (Å²) in [6, 6.07) is 18.7. The smallest absolute Gasteiger partial charge is 0.254 e. The van der Waals surface area contributed by atoms with Crippen LogP contribution < -0.4 is 5.32 Å². The lowest BCUT2D eigenvalue weighted by Crippen LogP contribution is -2.33. The van der Waals surface area contributed by atoms with Crippen LogP contribution in [0.4, 0.5) is 0 Å². The van der Waals surface area contributed by atoms with Crippen molar-refractivity contribution in [2.45, 2.75) is 25.7 Å². The Kier molecular flexibility index (Phi) is 6.92. The minimum Gasteiger partial charge on any atom is -0.339 e. The van der Waals surface area contributed by atoms with E-state index in [0.29, 0.717) is 0 Å². The average Bonchev–Trinajstić information content (AvgIpc) is 3.05. The van der Waals surface area contributed by atoms with Crippen LogP contribution in [0.25, 0.3) is 0 Å². The summed E-state index contributed by atoms with van der Waals surface area (Å²) < 4.78 is 0. The fraction of sp³-hybridized carbons (Fsp3) is 0.435. The van der Waals surface area contributed by atoms with Crippen molar-refractivity contribution in [3.05, 3.63) is 71.3 Å². The van der Waals surface area contributed by atoms with E-state index >= 15 is 0 Å². The number of aryl methyl sites for hydroxylation is 2. The Morgan fingerprint density at radius 3 is 2.22 bits per heavy atom. The zero-order valence-electron chi connectivity index (χ0n) is 15.8. The van der Waals surface area contributed by atoms with Crippen LogP contribution in [0.2, 0.25) is 0 Å². The molecular formula is C23H29ClN2O. The fourth-order valence-electron chi connectivity index (χ4n) is 4.46. The Morgan fingerprint density at radius 1 is 0.889 bits per heavy atom. The molecule has 2 heterocycles. The van der Waals surface area contributed by atoms with Crippen LogP contribution in [0.3, 0.4) is 0 Å². The van der Waals surface area contributed by atoms with E-state index in [9.17, 15) is 4.79 Å². The van der Waals surface area contributed by atoms with Crippen LogP contribution in [0.15, 0.2) is 54.6 Å². The van der Waals surface area contributed by atoms with E-state index in [1.807, 2.05) is 18.2 Å². The highest BCUT2D eigenvalue weighted by Gasteiger charge is 2.31. The number of hydrogen-bond acceptors (Lipinski definition) is 2. The first-order valence-corrected chi connectivity index (χ1v) is 9.93. The summed E-state index contributed by atoms with van der Waals surface area (Å²) in [4.78, 5) is 15.3. The monoisotopic (exact) mass is 384 g/mol. The van der Waals surface area contributed by atoms with Crippen LogP contribution in [0.1, 0.15) is 34.3 Å². The quantitative estimate of drug-likeness (QED) is 0.865. The zero-order chi connectivity index (χ0) is 17.8. The number of halogens is 1. The highest BCUT2D eigenvalue weighted by Crippen LogP contribution is 2.28. The van der Waals surface area contributed by atoms with Crippen LogP contribution in [-0.2, 0) is 12.8 Å². The number of fused-ring (bicyclic) bond motifs is 1. The summed E-state index contributed by atoms with van der Waals surface area (Å²) in [5, 5.41) is 3.51. The molecule has 2 atom stereocenters. The summed E-state index contributed by atoms with van der Waals surface area (Å²) in [5.74, 6) is 1.73. The second kappa shape index (κ2) is 9.38. The molecule has 2 aliphatic heterocycles. The van der Waals surface area contributed by atoms with Gasteiger partial charge in [-0.05, 0) is 67.8 Å². The number of likely N-dealkylation sites (tertiary alicyclic amines) is 1. The third kappa shape index (κ3) is 4.72. The minimum atomic E-state index is 0. The predicted molar refractivity (Wildman–Crippen MR) is 113 cm³/mol. The van der Waals surface area contributed by atoms with E-state index in [1.165, 1.54) is 11.1 Å². The predicted octanol–water partition coefficient (Wildman–Crippen LogP) is 3.97. The zero-order valence-corrected chi connectivity index (χ0v) is 16.6. The van der Waals surface area contributed by atoms with E-state index < -0.39 is 0 Å². The lowest BCUT2D eigenvalue weighted by molar-refractivity contribution is 0.0757. The Hall–Kier alpha value is -1.84. The molecule has 0 aliphatic carbocycles. The standard InChI is InChI=1S/C23H28N2O.ClH/c26-23(25-14-12-20-16-24-17-21(20)13-15-25)22-9-5-4-8-19(22)11-10-18-6-2-1-3-7-18;/h1-9,20-21,24H,10-17H2;1H/t20-,21+;. The molecule has 0 unspecified atom stereocenters. The second-order valence-corrected chi connectivity index (χ2v) is 7.69. The normalized spacial score (nSPS) is 21.9. The van der Waals surface area contributed by atoms with E-state index in [4.69, 9.17) is 0 Å². The van der Waals surface area contributed by atoms with Gasteiger partial charge in [0.1, 0.15) is 0 Å². The van der Waals surface area contributed by atoms with E-state index in [0.717, 1.165) is 69.3 Å². The Balaban J connectivity index is 0.00000210. The summed E-state index contributed by atoms with van der Waals surface area (Å²) in [6.45, 7) is 4.05. The Bertz CT molecular complexity index is 735.